The van der Waals surface area contributed by atoms with E-state index in [9.17, 15) is 13.2 Å². The summed E-state index contributed by atoms with van der Waals surface area (Å²) >= 11 is 0. The van der Waals surface area contributed by atoms with Gasteiger partial charge in [-0.25, -0.2) is 13.2 Å². The van der Waals surface area contributed by atoms with E-state index in [1.807, 2.05) is 0 Å². The Kier molecular flexibility index (Phi) is 6.99. The number of allylic oxidation sites excluding steroid dienone is 1. The van der Waals surface area contributed by atoms with Crippen molar-refractivity contribution in [2.45, 2.75) is 13.0 Å². The van der Waals surface area contributed by atoms with Crippen LogP contribution < -0.4 is 0 Å². The molecule has 0 aliphatic carbocycles. The van der Waals surface area contributed by atoms with E-state index in [2.05, 4.69) is 8.92 Å². The Labute approximate surface area is 83.3 Å². The van der Waals surface area contributed by atoms with E-state index in [-0.39, 0.29) is 6.61 Å². The fourth-order valence-corrected chi connectivity index (χ4v) is 0.851. The zero-order valence-corrected chi connectivity index (χ0v) is 8.48. The van der Waals surface area contributed by atoms with Crippen LogP contribution in [0.15, 0.2) is 12.2 Å². The van der Waals surface area contributed by atoms with E-state index in [1.165, 1.54) is 12.2 Å². The summed E-state index contributed by atoms with van der Waals surface area (Å²) < 4.78 is 28.5. The van der Waals surface area contributed by atoms with Gasteiger partial charge in [0.1, 0.15) is 12.7 Å². The minimum Gasteiger partial charge on any atom is -0.460 e. The molecule has 14 heavy (non-hydrogen) atoms. The summed E-state index contributed by atoms with van der Waals surface area (Å²) in [6.45, 7) is 0.928. The summed E-state index contributed by atoms with van der Waals surface area (Å²) in [5.41, 5.74) is 0. The first-order valence-corrected chi connectivity index (χ1v) is 4.90. The lowest BCUT2D eigenvalue weighted by Gasteiger charge is -2.07. The van der Waals surface area contributed by atoms with Gasteiger partial charge in [-0.3, -0.25) is 4.18 Å². The summed E-state index contributed by atoms with van der Waals surface area (Å²) in [6, 6.07) is 0. The van der Waals surface area contributed by atoms with Crippen LogP contribution in [-0.2, 0) is 24.7 Å². The summed E-state index contributed by atoms with van der Waals surface area (Å²) in [6.07, 6.45) is 1.53. The van der Waals surface area contributed by atoms with Crippen molar-refractivity contribution in [1.29, 1.82) is 0 Å². The van der Waals surface area contributed by atoms with Gasteiger partial charge in [0, 0.05) is 6.08 Å². The lowest BCUT2D eigenvalue weighted by atomic mass is 10.4. The minimum atomic E-state index is -2.98. The highest BCUT2D eigenvalue weighted by Crippen LogP contribution is 1.89. The topological polar surface area (TPSA) is 89.9 Å². The van der Waals surface area contributed by atoms with Gasteiger partial charge in [0.25, 0.3) is 11.0 Å². The van der Waals surface area contributed by atoms with Crippen molar-refractivity contribution in [1.82, 2.24) is 0 Å². The number of hydrogen-bond acceptors (Lipinski definition) is 6. The number of esters is 1. The first kappa shape index (κ1) is 13.1. The van der Waals surface area contributed by atoms with Crippen LogP contribution >= 0.6 is 0 Å². The number of hydrogen-bond donors (Lipinski definition) is 2. The van der Waals surface area contributed by atoms with E-state index in [1.54, 1.807) is 6.92 Å². The molecule has 0 rings (SSSR count). The lowest BCUT2D eigenvalue weighted by Crippen LogP contribution is -2.22. The molecule has 0 spiro atoms. The molecule has 1 N–H and O–H groups in total. The van der Waals surface area contributed by atoms with Crippen LogP contribution in [0.25, 0.3) is 0 Å². The molecule has 0 aromatic carbocycles. The second kappa shape index (κ2) is 7.48. The minimum absolute atomic E-state index is 0.299. The van der Waals surface area contributed by atoms with Crippen molar-refractivity contribution in [3.63, 3.8) is 0 Å². The fraction of sp³-hybridized carbons (Fsp3) is 0.571. The molecule has 7 heteroatoms. The Bertz CT molecular complexity index is 261. The molecule has 0 amide bonds. The Balaban J connectivity index is 3.63. The number of ether oxygens (including phenoxy) is 1. The molecule has 0 aliphatic heterocycles. The normalized spacial score (nSPS) is 13.4. The van der Waals surface area contributed by atoms with E-state index >= 15 is 0 Å². The van der Waals surface area contributed by atoms with Gasteiger partial charge in [-0.15, -0.1) is 0 Å². The number of aliphatic hydroxyl groups is 1. The van der Waals surface area contributed by atoms with Crippen LogP contribution in [0.2, 0.25) is 0 Å². The largest absolute Gasteiger partial charge is 0.460 e. The monoisotopic (exact) mass is 224 g/mol. The zero-order valence-electron chi connectivity index (χ0n) is 7.58. The third-order valence-electron chi connectivity index (χ3n) is 1.09. The lowest BCUT2D eigenvalue weighted by molar-refractivity contribution is -0.141. The highest BCUT2D eigenvalue weighted by atomic mass is 32.2. The molecule has 0 saturated carbocycles. The van der Waals surface area contributed by atoms with Crippen molar-refractivity contribution < 1.29 is 27.2 Å². The number of carbonyl (C=O) groups excluding carboxylic acids is 1. The third-order valence-corrected chi connectivity index (χ3v) is 1.45. The first-order chi connectivity index (χ1) is 6.56. The first-order valence-electron chi connectivity index (χ1n) is 3.81. The molecule has 0 fully saturated rings. The maximum atomic E-state index is 10.7. The van der Waals surface area contributed by atoms with Crippen LogP contribution in [0.5, 0.6) is 0 Å². The summed E-state index contributed by atoms with van der Waals surface area (Å²) in [5, 5.41) is 9.02. The van der Waals surface area contributed by atoms with Crippen molar-refractivity contribution in [3.05, 3.63) is 12.2 Å². The van der Waals surface area contributed by atoms with Crippen LogP contribution in [0.3, 0.4) is 0 Å². The number of aliphatic hydroxyl groups excluding tert-OH is 1. The summed E-state index contributed by atoms with van der Waals surface area (Å²) in [5.74, 6) is -0.599. The molecule has 1 unspecified atom stereocenters. The smallest absolute Gasteiger partial charge is 0.330 e. The van der Waals surface area contributed by atoms with Gasteiger partial charge in [0.15, 0.2) is 0 Å². The second-order valence-corrected chi connectivity index (χ2v) is 3.01. The summed E-state index contributed by atoms with van der Waals surface area (Å²) in [4.78, 5) is 10.7. The van der Waals surface area contributed by atoms with Gasteiger partial charge in [-0.05, 0) is 6.92 Å². The molecular formula is C7H12O6S. The number of rotatable bonds is 6. The molecule has 0 aromatic rings. The maximum Gasteiger partial charge on any atom is 0.330 e. The summed E-state index contributed by atoms with van der Waals surface area (Å²) in [7, 11) is -2.98. The van der Waals surface area contributed by atoms with Gasteiger partial charge in [0.05, 0.1) is 6.61 Å². The van der Waals surface area contributed by atoms with Crippen LogP contribution in [0.1, 0.15) is 6.92 Å². The van der Waals surface area contributed by atoms with Crippen molar-refractivity contribution in [2.75, 3.05) is 13.2 Å². The predicted molar refractivity (Wildman–Crippen MR) is 48.0 cm³/mol. The van der Waals surface area contributed by atoms with Gasteiger partial charge in [-0.2, -0.15) is 0 Å². The fourth-order valence-electron chi connectivity index (χ4n) is 0.558. The average molecular weight is 224 g/mol. The Morgan fingerprint density at radius 3 is 2.64 bits per heavy atom. The van der Waals surface area contributed by atoms with Crippen LogP contribution in [0.4, 0.5) is 0 Å². The van der Waals surface area contributed by atoms with Crippen LogP contribution in [0, 0.1) is 0 Å². The number of thiol groups is 1. The Hall–Kier alpha value is -0.920. The molecule has 0 saturated heterocycles. The third kappa shape index (κ3) is 7.71. The van der Waals surface area contributed by atoms with E-state index < -0.39 is 29.7 Å². The van der Waals surface area contributed by atoms with Crippen molar-refractivity contribution in [2.24, 2.45) is 0 Å². The van der Waals surface area contributed by atoms with Gasteiger partial charge >= 0.3 is 5.97 Å². The van der Waals surface area contributed by atoms with Gasteiger partial charge < -0.3 is 9.84 Å². The van der Waals surface area contributed by atoms with Crippen molar-refractivity contribution in [3.8, 4) is 0 Å². The quantitative estimate of drug-likeness (QED) is 0.342. The average Bonchev–Trinajstić information content (AvgIpc) is 2.12. The number of carbonyl (C=O) groups is 1. The Morgan fingerprint density at radius 2 is 2.14 bits per heavy atom. The Morgan fingerprint density at radius 1 is 1.50 bits per heavy atom. The SMILES string of the molecule is CC=CC(=O)OCC(O)CO[SH](=O)=O. The van der Waals surface area contributed by atoms with Gasteiger partial charge in [-0.1, -0.05) is 6.08 Å². The van der Waals surface area contributed by atoms with Gasteiger partial charge in [0.2, 0.25) is 0 Å². The standard InChI is InChI=1S/C7H12O6S/c1-2-3-7(9)12-4-6(8)5-13-14(10)11/h2-3,6,8,14H,4-5H2,1H3. The molecule has 82 valence electrons. The maximum absolute atomic E-state index is 10.7. The van der Waals surface area contributed by atoms with Crippen LogP contribution in [-0.4, -0.2) is 38.8 Å². The molecular weight excluding hydrogens is 212 g/mol. The molecule has 1 atom stereocenters. The van der Waals surface area contributed by atoms with E-state index in [0.717, 1.165) is 0 Å². The second-order valence-electron chi connectivity index (χ2n) is 2.30. The van der Waals surface area contributed by atoms with E-state index in [0.29, 0.717) is 0 Å². The van der Waals surface area contributed by atoms with Crippen molar-refractivity contribution >= 4 is 17.0 Å². The highest BCUT2D eigenvalue weighted by Gasteiger charge is 2.07. The molecule has 6 nitrogen and oxygen atoms in total. The molecule has 0 heterocycles. The predicted octanol–water partition coefficient (Wildman–Crippen LogP) is -0.990. The molecule has 0 aliphatic rings. The molecule has 0 radical (unpaired) electrons. The highest BCUT2D eigenvalue weighted by molar-refractivity contribution is 7.67. The molecule has 0 bridgehead atoms. The van der Waals surface area contributed by atoms with E-state index in [4.69, 9.17) is 5.11 Å². The molecule has 0 aromatic heterocycles. The zero-order chi connectivity index (χ0) is 11.0.